The average molecular weight is 308 g/mol. The van der Waals surface area contributed by atoms with Crippen LogP contribution in [0.1, 0.15) is 26.0 Å². The van der Waals surface area contributed by atoms with Crippen LogP contribution >= 0.6 is 0 Å². The largest absolute Gasteiger partial charge is 0.467 e. The molecule has 2 heterocycles. The Balaban J connectivity index is 1.87. The van der Waals surface area contributed by atoms with Gasteiger partial charge in [-0.15, -0.1) is 0 Å². The van der Waals surface area contributed by atoms with E-state index in [1.165, 1.54) is 13.2 Å². The number of hydrogen-bond acceptors (Lipinski definition) is 5. The third-order valence-electron chi connectivity index (χ3n) is 3.49. The SMILES string of the molecule is CCNC(=O)[C@@H](C)OC(=O)[C@H]1CC(=O)N(Cc2ccco2)C1. The minimum atomic E-state index is -0.860. The summed E-state index contributed by atoms with van der Waals surface area (Å²) >= 11 is 0. The summed E-state index contributed by atoms with van der Waals surface area (Å²) in [5.41, 5.74) is 0. The van der Waals surface area contributed by atoms with Crippen molar-refractivity contribution in [3.05, 3.63) is 24.2 Å². The third-order valence-corrected chi connectivity index (χ3v) is 3.49. The lowest BCUT2D eigenvalue weighted by Crippen LogP contribution is -2.37. The van der Waals surface area contributed by atoms with Gasteiger partial charge in [-0.2, -0.15) is 0 Å². The highest BCUT2D eigenvalue weighted by Gasteiger charge is 2.36. The number of esters is 1. The van der Waals surface area contributed by atoms with Crippen LogP contribution in [0.4, 0.5) is 0 Å². The molecule has 1 aromatic rings. The van der Waals surface area contributed by atoms with Gasteiger partial charge in [-0.25, -0.2) is 0 Å². The van der Waals surface area contributed by atoms with Crippen LogP contribution < -0.4 is 5.32 Å². The highest BCUT2D eigenvalue weighted by atomic mass is 16.5. The summed E-state index contributed by atoms with van der Waals surface area (Å²) in [7, 11) is 0. The molecule has 1 aliphatic rings. The first-order chi connectivity index (χ1) is 10.5. The van der Waals surface area contributed by atoms with Crippen LogP contribution in [0, 0.1) is 5.92 Å². The van der Waals surface area contributed by atoms with E-state index < -0.39 is 18.0 Å². The molecule has 0 saturated carbocycles. The van der Waals surface area contributed by atoms with E-state index in [0.717, 1.165) is 0 Å². The van der Waals surface area contributed by atoms with E-state index in [0.29, 0.717) is 18.8 Å². The standard InChI is InChI=1S/C15H20N2O5/c1-3-16-14(19)10(2)22-15(20)11-7-13(18)17(8-11)9-12-5-4-6-21-12/h4-6,10-11H,3,7-9H2,1-2H3,(H,16,19)/t10-,11+/m1/s1. The quantitative estimate of drug-likeness (QED) is 0.781. The molecule has 1 aromatic heterocycles. The van der Waals surface area contributed by atoms with Crippen LogP contribution in [0.15, 0.2) is 22.8 Å². The Morgan fingerprint density at radius 2 is 2.32 bits per heavy atom. The molecule has 0 unspecified atom stereocenters. The van der Waals surface area contributed by atoms with Gasteiger partial charge in [0.1, 0.15) is 5.76 Å². The number of likely N-dealkylation sites (tertiary alicyclic amines) is 1. The Morgan fingerprint density at radius 1 is 1.55 bits per heavy atom. The van der Waals surface area contributed by atoms with Gasteiger partial charge < -0.3 is 19.4 Å². The first kappa shape index (κ1) is 16.1. The molecule has 7 heteroatoms. The van der Waals surface area contributed by atoms with Gasteiger partial charge in [0.15, 0.2) is 6.10 Å². The molecule has 22 heavy (non-hydrogen) atoms. The summed E-state index contributed by atoms with van der Waals surface area (Å²) in [6.07, 6.45) is 0.777. The number of carbonyl (C=O) groups is 3. The molecule has 0 aromatic carbocycles. The van der Waals surface area contributed by atoms with Crippen molar-refractivity contribution in [3.8, 4) is 0 Å². The molecule has 2 atom stereocenters. The zero-order valence-electron chi connectivity index (χ0n) is 12.7. The number of rotatable bonds is 6. The maximum Gasteiger partial charge on any atom is 0.312 e. The average Bonchev–Trinajstić information content (AvgIpc) is 3.10. The summed E-state index contributed by atoms with van der Waals surface area (Å²) in [6, 6.07) is 3.52. The van der Waals surface area contributed by atoms with Crippen LogP contribution in [-0.2, 0) is 25.7 Å². The van der Waals surface area contributed by atoms with Gasteiger partial charge in [0.25, 0.3) is 5.91 Å². The molecule has 1 N–H and O–H groups in total. The Kier molecular flexibility index (Phi) is 5.19. The molecule has 120 valence electrons. The van der Waals surface area contributed by atoms with E-state index in [-0.39, 0.29) is 24.8 Å². The fourth-order valence-electron chi connectivity index (χ4n) is 2.32. The van der Waals surface area contributed by atoms with Gasteiger partial charge in [0.05, 0.1) is 18.7 Å². The van der Waals surface area contributed by atoms with Crippen molar-refractivity contribution >= 4 is 17.8 Å². The zero-order valence-corrected chi connectivity index (χ0v) is 12.7. The normalized spacial score (nSPS) is 19.1. The predicted octanol–water partition coefficient (Wildman–Crippen LogP) is 0.696. The van der Waals surface area contributed by atoms with Gasteiger partial charge in [-0.05, 0) is 26.0 Å². The number of carbonyl (C=O) groups excluding carboxylic acids is 3. The van der Waals surface area contributed by atoms with Gasteiger partial charge in [0, 0.05) is 19.5 Å². The minimum Gasteiger partial charge on any atom is -0.467 e. The first-order valence-electron chi connectivity index (χ1n) is 7.29. The molecule has 2 rings (SSSR count). The van der Waals surface area contributed by atoms with Crippen molar-refractivity contribution in [2.45, 2.75) is 32.9 Å². The second kappa shape index (κ2) is 7.11. The molecule has 7 nitrogen and oxygen atoms in total. The third kappa shape index (κ3) is 3.87. The first-order valence-corrected chi connectivity index (χ1v) is 7.29. The molecular formula is C15H20N2O5. The fraction of sp³-hybridized carbons (Fsp3) is 0.533. The Bertz CT molecular complexity index is 540. The predicted molar refractivity (Wildman–Crippen MR) is 76.5 cm³/mol. The molecule has 1 fully saturated rings. The van der Waals surface area contributed by atoms with Crippen molar-refractivity contribution in [2.24, 2.45) is 5.92 Å². The number of furan rings is 1. The lowest BCUT2D eigenvalue weighted by Gasteiger charge is -2.16. The van der Waals surface area contributed by atoms with E-state index in [4.69, 9.17) is 9.15 Å². The Morgan fingerprint density at radius 3 is 2.95 bits per heavy atom. The highest BCUT2D eigenvalue weighted by molar-refractivity contribution is 5.88. The zero-order chi connectivity index (χ0) is 16.1. The lowest BCUT2D eigenvalue weighted by atomic mass is 10.1. The maximum absolute atomic E-state index is 12.1. The van der Waals surface area contributed by atoms with Gasteiger partial charge >= 0.3 is 5.97 Å². The minimum absolute atomic E-state index is 0.0989. The number of ether oxygens (including phenoxy) is 1. The van der Waals surface area contributed by atoms with Crippen molar-refractivity contribution in [3.63, 3.8) is 0 Å². The van der Waals surface area contributed by atoms with Crippen LogP contribution in [0.3, 0.4) is 0 Å². The molecule has 0 spiro atoms. The van der Waals surface area contributed by atoms with E-state index in [2.05, 4.69) is 5.32 Å². The molecule has 0 radical (unpaired) electrons. The number of hydrogen-bond donors (Lipinski definition) is 1. The number of likely N-dealkylation sites (N-methyl/N-ethyl adjacent to an activating group) is 1. The van der Waals surface area contributed by atoms with E-state index in [9.17, 15) is 14.4 Å². The van der Waals surface area contributed by atoms with Gasteiger partial charge in [-0.3, -0.25) is 14.4 Å². The summed E-state index contributed by atoms with van der Waals surface area (Å²) in [6.45, 7) is 4.39. The smallest absolute Gasteiger partial charge is 0.312 e. The molecule has 0 aliphatic carbocycles. The summed E-state index contributed by atoms with van der Waals surface area (Å²) < 4.78 is 10.3. The Hall–Kier alpha value is -2.31. The molecule has 1 saturated heterocycles. The molecular weight excluding hydrogens is 288 g/mol. The van der Waals surface area contributed by atoms with E-state index >= 15 is 0 Å². The molecule has 1 aliphatic heterocycles. The number of nitrogens with zero attached hydrogens (tertiary/aromatic N) is 1. The van der Waals surface area contributed by atoms with Crippen molar-refractivity contribution in [1.29, 1.82) is 0 Å². The monoisotopic (exact) mass is 308 g/mol. The van der Waals surface area contributed by atoms with Crippen LogP contribution in [-0.4, -0.2) is 41.9 Å². The summed E-state index contributed by atoms with van der Waals surface area (Å²) in [5.74, 6) is -0.858. The Labute approximate surface area is 128 Å². The van der Waals surface area contributed by atoms with Gasteiger partial charge in [0.2, 0.25) is 5.91 Å². The van der Waals surface area contributed by atoms with Crippen molar-refractivity contribution in [1.82, 2.24) is 10.2 Å². The van der Waals surface area contributed by atoms with Crippen LogP contribution in [0.5, 0.6) is 0 Å². The topological polar surface area (TPSA) is 88.8 Å². The second-order valence-corrected chi connectivity index (χ2v) is 5.23. The summed E-state index contributed by atoms with van der Waals surface area (Å²) in [5, 5.41) is 2.58. The summed E-state index contributed by atoms with van der Waals surface area (Å²) in [4.78, 5) is 37.1. The lowest BCUT2D eigenvalue weighted by molar-refractivity contribution is -0.158. The van der Waals surface area contributed by atoms with E-state index in [1.54, 1.807) is 24.0 Å². The second-order valence-electron chi connectivity index (χ2n) is 5.23. The van der Waals surface area contributed by atoms with Crippen molar-refractivity contribution in [2.75, 3.05) is 13.1 Å². The van der Waals surface area contributed by atoms with Gasteiger partial charge in [-0.1, -0.05) is 0 Å². The number of amides is 2. The molecule has 2 amide bonds. The van der Waals surface area contributed by atoms with Crippen molar-refractivity contribution < 1.29 is 23.5 Å². The fourth-order valence-corrected chi connectivity index (χ4v) is 2.32. The number of nitrogens with one attached hydrogen (secondary N) is 1. The molecule has 0 bridgehead atoms. The van der Waals surface area contributed by atoms with Crippen LogP contribution in [0.25, 0.3) is 0 Å². The highest BCUT2D eigenvalue weighted by Crippen LogP contribution is 2.22. The maximum atomic E-state index is 12.1. The van der Waals surface area contributed by atoms with Crippen LogP contribution in [0.2, 0.25) is 0 Å². The van der Waals surface area contributed by atoms with E-state index in [1.807, 2.05) is 0 Å².